The van der Waals surface area contributed by atoms with Crippen molar-refractivity contribution in [2.24, 2.45) is 17.8 Å². The zero-order valence-electron chi connectivity index (χ0n) is 43.0. The third-order valence-electron chi connectivity index (χ3n) is 13.6. The van der Waals surface area contributed by atoms with E-state index < -0.39 is 121 Å². The maximum absolute atomic E-state index is 13.6. The molecule has 0 bridgehead atoms. The molecule has 4 heterocycles. The highest BCUT2D eigenvalue weighted by Crippen LogP contribution is 2.38. The average Bonchev–Trinajstić information content (AvgIpc) is 3.24. The van der Waals surface area contributed by atoms with Gasteiger partial charge in [-0.1, -0.05) is 52.0 Å². The molecule has 14 unspecified atom stereocenters. The van der Waals surface area contributed by atoms with Crippen molar-refractivity contribution in [3.63, 3.8) is 0 Å². The monoisotopic (exact) mass is 969 g/mol. The van der Waals surface area contributed by atoms with Crippen LogP contribution >= 0.6 is 0 Å². The van der Waals surface area contributed by atoms with E-state index in [0.717, 1.165) is 12.7 Å². The number of carbonyl (C=O) groups is 4. The molecule has 0 saturated carbocycles. The van der Waals surface area contributed by atoms with Crippen molar-refractivity contribution >= 4 is 24.2 Å². The van der Waals surface area contributed by atoms with Gasteiger partial charge in [0.1, 0.15) is 42.4 Å². The number of methoxy groups -OCH3 is 1. The van der Waals surface area contributed by atoms with Crippen molar-refractivity contribution in [1.82, 2.24) is 9.80 Å². The summed E-state index contributed by atoms with van der Waals surface area (Å²) in [5, 5.41) is 23.9. The van der Waals surface area contributed by atoms with E-state index in [1.165, 1.54) is 7.11 Å². The van der Waals surface area contributed by atoms with Crippen molar-refractivity contribution in [3.8, 4) is 0 Å². The highest BCUT2D eigenvalue weighted by Gasteiger charge is 2.53. The third-order valence-corrected chi connectivity index (χ3v) is 13.6. The van der Waals surface area contributed by atoms with Gasteiger partial charge in [0.2, 0.25) is 0 Å². The van der Waals surface area contributed by atoms with Gasteiger partial charge in [-0.25, -0.2) is 0 Å². The third kappa shape index (κ3) is 15.8. The molecule has 18 nitrogen and oxygen atoms in total. The van der Waals surface area contributed by atoms with E-state index in [0.29, 0.717) is 19.3 Å². The van der Waals surface area contributed by atoms with Crippen molar-refractivity contribution in [1.29, 1.82) is 0 Å². The second-order valence-electron chi connectivity index (χ2n) is 20.2. The number of allylic oxidation sites excluding steroid dienone is 2. The lowest BCUT2D eigenvalue weighted by Gasteiger charge is -2.50. The summed E-state index contributed by atoms with van der Waals surface area (Å²) in [5.41, 5.74) is -1.51. The lowest BCUT2D eigenvalue weighted by molar-refractivity contribution is -0.344. The van der Waals surface area contributed by atoms with Crippen molar-refractivity contribution in [2.45, 2.75) is 217 Å². The summed E-state index contributed by atoms with van der Waals surface area (Å²) in [7, 11) is 9.03. The van der Waals surface area contributed by atoms with Gasteiger partial charge in [-0.2, -0.15) is 0 Å². The lowest BCUT2D eigenvalue weighted by atomic mass is 9.82. The van der Waals surface area contributed by atoms with Gasteiger partial charge in [0, 0.05) is 38.8 Å². The first-order chi connectivity index (χ1) is 32.0. The van der Waals surface area contributed by atoms with Gasteiger partial charge in [0.05, 0.1) is 48.9 Å². The molecule has 0 aliphatic carbocycles. The van der Waals surface area contributed by atoms with E-state index in [1.54, 1.807) is 67.5 Å². The molecule has 2 N–H and O–H groups in total. The van der Waals surface area contributed by atoms with E-state index in [-0.39, 0.29) is 43.7 Å². The Balaban J connectivity index is 1.72. The molecule has 0 aromatic heterocycles. The molecule has 3 fully saturated rings. The summed E-state index contributed by atoms with van der Waals surface area (Å²) in [6.45, 7) is 15.9. The Morgan fingerprint density at radius 1 is 0.897 bits per heavy atom. The Hall–Kier alpha value is -2.88. The lowest BCUT2D eigenvalue weighted by Crippen LogP contribution is -2.66. The molecule has 0 radical (unpaired) electrons. The standard InChI is InChI=1S/C50H84N2O16/c1-15-38(54)64-37-26-39(55)60-30(5)19-17-16-18-20-36(65-40-22-21-35(51(10)11)31(6)61-40)29(4)25-34(23-24-53)45(46(37)59-14)67-49-43(56)42(52(12)13)44(32(7)63-49)66-41-27-50(9,58)47(33(8)62-41)68-48(57)28(2)3/h16-18,20,24,28-37,40-47,49,56,58H,15,19,21-23,25-27H2,1-14H3/b17-16-,20-18-/t29-,30-,31?,32?,33?,34+,35?,36?,37?,40?,41?,42?,43?,44?,45+,46+,47?,49?,50?/m1/s1. The first kappa shape index (κ1) is 57.7. The molecule has 3 saturated heterocycles. The first-order valence-corrected chi connectivity index (χ1v) is 24.6. The summed E-state index contributed by atoms with van der Waals surface area (Å²) in [6, 6.07) is -0.551. The molecule has 0 aromatic rings. The van der Waals surface area contributed by atoms with Crippen LogP contribution in [0.25, 0.3) is 0 Å². The fraction of sp³-hybridized carbons (Fsp3) is 0.840. The zero-order valence-corrected chi connectivity index (χ0v) is 43.0. The normalized spacial score (nSPS) is 41.2. The number of nitrogens with zero attached hydrogens (tertiary/aromatic N) is 2. The molecule has 0 spiro atoms. The number of likely N-dealkylation sites (N-methyl/N-ethyl adjacent to an activating group) is 2. The number of rotatable bonds is 15. The summed E-state index contributed by atoms with van der Waals surface area (Å²) >= 11 is 0. The van der Waals surface area contributed by atoms with Crippen LogP contribution in [0.4, 0.5) is 0 Å². The molecule has 0 amide bonds. The van der Waals surface area contributed by atoms with Crippen LogP contribution in [-0.4, -0.2) is 183 Å². The van der Waals surface area contributed by atoms with Gasteiger partial charge >= 0.3 is 17.9 Å². The van der Waals surface area contributed by atoms with Crippen molar-refractivity contribution < 1.29 is 76.8 Å². The number of cyclic esters (lactones) is 1. The van der Waals surface area contributed by atoms with Gasteiger partial charge in [-0.15, -0.1) is 0 Å². The van der Waals surface area contributed by atoms with Crippen LogP contribution in [0.2, 0.25) is 0 Å². The number of aliphatic hydroxyl groups excluding tert-OH is 1. The first-order valence-electron chi connectivity index (χ1n) is 24.6. The van der Waals surface area contributed by atoms with Crippen LogP contribution in [0.3, 0.4) is 0 Å². The molecule has 390 valence electrons. The summed E-state index contributed by atoms with van der Waals surface area (Å²) in [5.74, 6) is -3.03. The second kappa shape index (κ2) is 26.5. The van der Waals surface area contributed by atoms with E-state index in [4.69, 9.17) is 47.4 Å². The topological polar surface area (TPSA) is 208 Å². The van der Waals surface area contributed by atoms with E-state index in [2.05, 4.69) is 4.90 Å². The molecule has 19 atom stereocenters. The minimum absolute atomic E-state index is 0.00252. The summed E-state index contributed by atoms with van der Waals surface area (Å²) in [4.78, 5) is 55.9. The zero-order chi connectivity index (χ0) is 50.6. The van der Waals surface area contributed by atoms with Crippen LogP contribution in [0, 0.1) is 17.8 Å². The molecule has 68 heavy (non-hydrogen) atoms. The second-order valence-corrected chi connectivity index (χ2v) is 20.2. The smallest absolute Gasteiger partial charge is 0.309 e. The van der Waals surface area contributed by atoms with Crippen LogP contribution in [-0.2, 0) is 66.5 Å². The minimum Gasteiger partial charge on any atom is -0.462 e. The van der Waals surface area contributed by atoms with Crippen LogP contribution in [0.15, 0.2) is 24.3 Å². The van der Waals surface area contributed by atoms with E-state index >= 15 is 0 Å². The Labute approximate surface area is 404 Å². The SMILES string of the molecule is CCC(=O)OC1CC(=O)O[C@H](C)C/C=C\C=C/C(OC2CCC(N(C)C)C(C)O2)[C@H](C)C[C@H](CC=O)[C@H](OC2OC(C)C(OC3CC(C)(O)C(OC(=O)C(C)C)C(C)O3)C(N(C)C)C2O)[C@H]1OC. The van der Waals surface area contributed by atoms with Crippen LogP contribution < -0.4 is 0 Å². The Bertz CT molecular complexity index is 1660. The van der Waals surface area contributed by atoms with Gasteiger partial charge in [0.15, 0.2) is 25.0 Å². The minimum atomic E-state index is -1.51. The van der Waals surface area contributed by atoms with Crippen molar-refractivity contribution in [2.75, 3.05) is 35.3 Å². The highest BCUT2D eigenvalue weighted by atomic mass is 16.7. The number of ether oxygens (including phenoxy) is 10. The number of hydrogen-bond acceptors (Lipinski definition) is 18. The van der Waals surface area contributed by atoms with Gasteiger partial charge in [0.25, 0.3) is 0 Å². The maximum atomic E-state index is 13.6. The fourth-order valence-corrected chi connectivity index (χ4v) is 9.92. The molecule has 0 aromatic carbocycles. The number of esters is 3. The summed E-state index contributed by atoms with van der Waals surface area (Å²) in [6.07, 6.45) is -1.94. The molecule has 4 aliphatic heterocycles. The summed E-state index contributed by atoms with van der Waals surface area (Å²) < 4.78 is 62.9. The van der Waals surface area contributed by atoms with Crippen LogP contribution in [0.5, 0.6) is 0 Å². The quantitative estimate of drug-likeness (QED) is 0.132. The number of carbonyl (C=O) groups excluding carboxylic acids is 4. The predicted octanol–water partition coefficient (Wildman–Crippen LogP) is 4.49. The van der Waals surface area contributed by atoms with Gasteiger partial charge in [-0.3, -0.25) is 14.4 Å². The van der Waals surface area contributed by atoms with E-state index in [1.807, 2.05) is 52.2 Å². The molecular formula is C50H84N2O16. The molecule has 18 heteroatoms. The Morgan fingerprint density at radius 2 is 1.59 bits per heavy atom. The Morgan fingerprint density at radius 3 is 2.18 bits per heavy atom. The van der Waals surface area contributed by atoms with E-state index in [9.17, 15) is 29.4 Å². The van der Waals surface area contributed by atoms with Gasteiger partial charge < -0.3 is 72.2 Å². The largest absolute Gasteiger partial charge is 0.462 e. The maximum Gasteiger partial charge on any atom is 0.309 e. The Kier molecular flexibility index (Phi) is 22.5. The molecular weight excluding hydrogens is 885 g/mol. The predicted molar refractivity (Wildman–Crippen MR) is 250 cm³/mol. The van der Waals surface area contributed by atoms with Crippen LogP contribution in [0.1, 0.15) is 114 Å². The number of hydrogen-bond donors (Lipinski definition) is 2. The van der Waals surface area contributed by atoms with Gasteiger partial charge in [-0.05, 0) is 93.9 Å². The number of aliphatic hydroxyl groups is 2. The molecule has 4 aliphatic rings. The number of aldehydes is 1. The highest BCUT2D eigenvalue weighted by molar-refractivity contribution is 5.73. The fourth-order valence-electron chi connectivity index (χ4n) is 9.92. The van der Waals surface area contributed by atoms with Crippen molar-refractivity contribution in [3.05, 3.63) is 24.3 Å². The average molecular weight is 969 g/mol. The molecule has 4 rings (SSSR count).